The highest BCUT2D eigenvalue weighted by molar-refractivity contribution is 6.35. The molecule has 1 fully saturated rings. The Balaban J connectivity index is 1.51. The van der Waals surface area contributed by atoms with Gasteiger partial charge in [-0.15, -0.1) is 0 Å². The van der Waals surface area contributed by atoms with E-state index in [1.807, 2.05) is 12.2 Å². The topological polar surface area (TPSA) is 63.7 Å². The summed E-state index contributed by atoms with van der Waals surface area (Å²) in [6.45, 7) is 0.0732. The lowest BCUT2D eigenvalue weighted by Gasteiger charge is -2.14. The molecule has 0 spiro atoms. The van der Waals surface area contributed by atoms with E-state index in [1.165, 1.54) is 4.90 Å². The maximum atomic E-state index is 12.3. The lowest BCUT2D eigenvalue weighted by molar-refractivity contribution is -0.146. The van der Waals surface area contributed by atoms with E-state index in [9.17, 15) is 14.4 Å². The van der Waals surface area contributed by atoms with Crippen molar-refractivity contribution in [1.82, 2.24) is 4.90 Å². The van der Waals surface area contributed by atoms with Crippen LogP contribution < -0.4 is 0 Å². The van der Waals surface area contributed by atoms with Gasteiger partial charge in [0.1, 0.15) is 6.61 Å². The fourth-order valence-corrected chi connectivity index (χ4v) is 3.62. The molecule has 0 aromatic heterocycles. The molecule has 3 rings (SSSR count). The van der Waals surface area contributed by atoms with Crippen LogP contribution in [0.2, 0.25) is 10.0 Å². The van der Waals surface area contributed by atoms with E-state index in [-0.39, 0.29) is 43.2 Å². The van der Waals surface area contributed by atoms with Crippen LogP contribution in [0.5, 0.6) is 0 Å². The number of carbonyl (C=O) groups is 3. The van der Waals surface area contributed by atoms with Crippen LogP contribution >= 0.6 is 23.2 Å². The van der Waals surface area contributed by atoms with E-state index >= 15 is 0 Å². The maximum Gasteiger partial charge on any atom is 0.307 e. The molecule has 1 aliphatic carbocycles. The number of esters is 1. The summed E-state index contributed by atoms with van der Waals surface area (Å²) in [7, 11) is 0. The molecule has 25 heavy (non-hydrogen) atoms. The second-order valence-electron chi connectivity index (χ2n) is 6.13. The van der Waals surface area contributed by atoms with Crippen LogP contribution in [0.15, 0.2) is 30.4 Å². The number of amides is 2. The summed E-state index contributed by atoms with van der Waals surface area (Å²) in [4.78, 5) is 37.7. The number of rotatable bonds is 5. The summed E-state index contributed by atoms with van der Waals surface area (Å²) in [5.41, 5.74) is 0.643. The quantitative estimate of drug-likeness (QED) is 0.445. The number of imide groups is 1. The zero-order valence-corrected chi connectivity index (χ0v) is 14.9. The van der Waals surface area contributed by atoms with E-state index in [1.54, 1.807) is 18.2 Å². The van der Waals surface area contributed by atoms with Crippen molar-refractivity contribution < 1.29 is 19.1 Å². The highest BCUT2D eigenvalue weighted by atomic mass is 35.5. The first-order chi connectivity index (χ1) is 12.0. The monoisotopic (exact) mass is 381 g/mol. The molecule has 0 saturated carbocycles. The Morgan fingerprint density at radius 1 is 1.12 bits per heavy atom. The molecule has 1 aliphatic heterocycles. The second-order valence-corrected chi connectivity index (χ2v) is 6.97. The number of halogens is 2. The number of hydrogen-bond acceptors (Lipinski definition) is 4. The first kappa shape index (κ1) is 18.0. The predicted molar refractivity (Wildman–Crippen MR) is 92.9 cm³/mol. The summed E-state index contributed by atoms with van der Waals surface area (Å²) >= 11 is 11.8. The molecule has 132 valence electrons. The zero-order valence-electron chi connectivity index (χ0n) is 13.4. The first-order valence-corrected chi connectivity index (χ1v) is 8.82. The first-order valence-electron chi connectivity index (χ1n) is 8.07. The molecular formula is C18H17Cl2NO4. The molecule has 1 heterocycles. The van der Waals surface area contributed by atoms with Gasteiger partial charge in [0.25, 0.3) is 0 Å². The normalized spacial score (nSPS) is 22.2. The molecule has 5 nitrogen and oxygen atoms in total. The van der Waals surface area contributed by atoms with Gasteiger partial charge in [0.2, 0.25) is 11.8 Å². The van der Waals surface area contributed by atoms with Gasteiger partial charge in [-0.3, -0.25) is 19.3 Å². The fraction of sp³-hybridized carbons (Fsp3) is 0.389. The Morgan fingerprint density at radius 2 is 1.76 bits per heavy atom. The Morgan fingerprint density at radius 3 is 2.36 bits per heavy atom. The number of likely N-dealkylation sites (tertiary alicyclic amines) is 1. The van der Waals surface area contributed by atoms with Crippen LogP contribution in [0.25, 0.3) is 0 Å². The third-order valence-electron chi connectivity index (χ3n) is 4.54. The summed E-state index contributed by atoms with van der Waals surface area (Å²) in [6, 6.07) is 4.92. The Kier molecular flexibility index (Phi) is 5.45. The van der Waals surface area contributed by atoms with Crippen molar-refractivity contribution in [2.75, 3.05) is 6.54 Å². The molecule has 2 atom stereocenters. The summed E-state index contributed by atoms with van der Waals surface area (Å²) in [5.74, 6) is -1.41. The molecule has 2 aliphatic rings. The van der Waals surface area contributed by atoms with Crippen LogP contribution in [0, 0.1) is 11.8 Å². The molecule has 1 saturated heterocycles. The van der Waals surface area contributed by atoms with Gasteiger partial charge in [-0.1, -0.05) is 41.4 Å². The molecule has 0 unspecified atom stereocenters. The number of carbonyl (C=O) groups excluding carboxylic acids is 3. The van der Waals surface area contributed by atoms with Crippen LogP contribution in [-0.2, 0) is 25.7 Å². The lowest BCUT2D eigenvalue weighted by atomic mass is 9.85. The predicted octanol–water partition coefficient (Wildman–Crippen LogP) is 3.38. The average Bonchev–Trinajstić information content (AvgIpc) is 2.84. The SMILES string of the molecule is O=C(CCN1C(=O)[C@H]2CC=CC[C@@H]2C1=O)OCc1ccc(Cl)cc1Cl. The third-order valence-corrected chi connectivity index (χ3v) is 5.13. The van der Waals surface area contributed by atoms with E-state index in [2.05, 4.69) is 0 Å². The molecule has 7 heteroatoms. The van der Waals surface area contributed by atoms with Crippen LogP contribution in [0.1, 0.15) is 24.8 Å². The van der Waals surface area contributed by atoms with Crippen LogP contribution in [-0.4, -0.2) is 29.2 Å². The average molecular weight is 382 g/mol. The maximum absolute atomic E-state index is 12.3. The molecule has 2 amide bonds. The van der Waals surface area contributed by atoms with Gasteiger partial charge in [-0.2, -0.15) is 0 Å². The smallest absolute Gasteiger partial charge is 0.307 e. The van der Waals surface area contributed by atoms with Gasteiger partial charge < -0.3 is 4.74 Å². The van der Waals surface area contributed by atoms with E-state index < -0.39 is 5.97 Å². The zero-order chi connectivity index (χ0) is 18.0. The minimum Gasteiger partial charge on any atom is -0.461 e. The minimum atomic E-state index is -0.486. The van der Waals surface area contributed by atoms with Gasteiger partial charge in [0.15, 0.2) is 0 Å². The summed E-state index contributed by atoms with van der Waals surface area (Å²) < 4.78 is 5.17. The highest BCUT2D eigenvalue weighted by Gasteiger charge is 2.46. The fourth-order valence-electron chi connectivity index (χ4n) is 3.16. The van der Waals surface area contributed by atoms with Crippen molar-refractivity contribution in [2.24, 2.45) is 11.8 Å². The number of fused-ring (bicyclic) bond motifs is 1. The van der Waals surface area contributed by atoms with E-state index in [0.717, 1.165) is 0 Å². The molecule has 1 aromatic rings. The van der Waals surface area contributed by atoms with Gasteiger partial charge in [0, 0.05) is 22.2 Å². The Bertz CT molecular complexity index is 721. The Labute approximate surface area is 155 Å². The lowest BCUT2D eigenvalue weighted by Crippen LogP contribution is -2.33. The largest absolute Gasteiger partial charge is 0.461 e. The van der Waals surface area contributed by atoms with Gasteiger partial charge in [-0.25, -0.2) is 0 Å². The van der Waals surface area contributed by atoms with Crippen LogP contribution in [0.4, 0.5) is 0 Å². The molecule has 0 radical (unpaired) electrons. The van der Waals surface area contributed by atoms with Crippen molar-refractivity contribution in [3.8, 4) is 0 Å². The third kappa shape index (κ3) is 3.88. The number of ether oxygens (including phenoxy) is 1. The van der Waals surface area contributed by atoms with Gasteiger partial charge >= 0.3 is 5.97 Å². The van der Waals surface area contributed by atoms with Gasteiger partial charge in [-0.05, 0) is 25.0 Å². The molecule has 0 bridgehead atoms. The standard InChI is InChI=1S/C18H17Cl2NO4/c19-12-6-5-11(15(20)9-12)10-25-16(22)7-8-21-17(23)13-3-1-2-4-14(13)18(21)24/h1-2,5-6,9,13-14H,3-4,7-8,10H2/t13-,14-/m0/s1. The van der Waals surface area contributed by atoms with Crippen molar-refractivity contribution in [3.63, 3.8) is 0 Å². The highest BCUT2D eigenvalue weighted by Crippen LogP contribution is 2.35. The Hall–Kier alpha value is -1.85. The minimum absolute atomic E-state index is 0.0197. The number of nitrogens with zero attached hydrogens (tertiary/aromatic N) is 1. The van der Waals surface area contributed by atoms with Gasteiger partial charge in [0.05, 0.1) is 18.3 Å². The van der Waals surface area contributed by atoms with E-state index in [0.29, 0.717) is 28.5 Å². The number of allylic oxidation sites excluding steroid dienone is 2. The second kappa shape index (κ2) is 7.58. The van der Waals surface area contributed by atoms with Crippen molar-refractivity contribution >= 4 is 41.0 Å². The molecular weight excluding hydrogens is 365 g/mol. The van der Waals surface area contributed by atoms with Crippen molar-refractivity contribution in [3.05, 3.63) is 46.0 Å². The van der Waals surface area contributed by atoms with E-state index in [4.69, 9.17) is 27.9 Å². The van der Waals surface area contributed by atoms with Crippen molar-refractivity contribution in [1.29, 1.82) is 0 Å². The van der Waals surface area contributed by atoms with Crippen LogP contribution in [0.3, 0.4) is 0 Å². The number of benzene rings is 1. The summed E-state index contributed by atoms with van der Waals surface area (Å²) in [5, 5.41) is 0.920. The van der Waals surface area contributed by atoms with Crippen molar-refractivity contribution in [2.45, 2.75) is 25.9 Å². The summed E-state index contributed by atoms with van der Waals surface area (Å²) in [6.07, 6.45) is 5.01. The molecule has 0 N–H and O–H groups in total. The molecule has 1 aromatic carbocycles. The number of hydrogen-bond donors (Lipinski definition) is 0.